The van der Waals surface area contributed by atoms with Gasteiger partial charge in [-0.2, -0.15) is 0 Å². The summed E-state index contributed by atoms with van der Waals surface area (Å²) in [5.74, 6) is 0.0793. The van der Waals surface area contributed by atoms with E-state index in [1.165, 1.54) is 11.8 Å². The van der Waals surface area contributed by atoms with Crippen LogP contribution < -0.4 is 4.84 Å². The monoisotopic (exact) mass is 176 g/mol. The molecule has 0 bridgehead atoms. The van der Waals surface area contributed by atoms with E-state index in [1.807, 2.05) is 24.3 Å². The standard InChI is InChI=1S/C8H8N4O/c1-6(9)13-12-8-5-3-2-4-7(8)10-11-12/h2-5,9H,1H3. The number of aromatic nitrogens is 3. The van der Waals surface area contributed by atoms with Crippen LogP contribution in [0.5, 0.6) is 0 Å². The zero-order valence-electron chi connectivity index (χ0n) is 7.06. The van der Waals surface area contributed by atoms with Crippen molar-refractivity contribution in [3.05, 3.63) is 24.3 Å². The molecule has 0 spiro atoms. The van der Waals surface area contributed by atoms with Gasteiger partial charge in [-0.3, -0.25) is 5.41 Å². The van der Waals surface area contributed by atoms with E-state index in [9.17, 15) is 0 Å². The third-order valence-corrected chi connectivity index (χ3v) is 1.54. The zero-order valence-corrected chi connectivity index (χ0v) is 7.06. The predicted octanol–water partition coefficient (Wildman–Crippen LogP) is 0.857. The zero-order chi connectivity index (χ0) is 9.26. The van der Waals surface area contributed by atoms with Gasteiger partial charge in [0.05, 0.1) is 0 Å². The fraction of sp³-hybridized carbons (Fsp3) is 0.125. The van der Waals surface area contributed by atoms with Crippen molar-refractivity contribution in [3.63, 3.8) is 0 Å². The Kier molecular flexibility index (Phi) is 1.70. The summed E-state index contributed by atoms with van der Waals surface area (Å²) in [6, 6.07) is 7.41. The molecule has 0 atom stereocenters. The van der Waals surface area contributed by atoms with Crippen LogP contribution in [0.1, 0.15) is 6.92 Å². The lowest BCUT2D eigenvalue weighted by Crippen LogP contribution is -2.17. The fourth-order valence-corrected chi connectivity index (χ4v) is 1.04. The first-order valence-corrected chi connectivity index (χ1v) is 3.81. The first-order chi connectivity index (χ1) is 6.27. The second kappa shape index (κ2) is 2.85. The minimum absolute atomic E-state index is 0.0793. The number of hydrogen-bond donors (Lipinski definition) is 1. The summed E-state index contributed by atoms with van der Waals surface area (Å²) in [4.78, 5) is 6.23. The molecule has 1 aromatic carbocycles. The first-order valence-electron chi connectivity index (χ1n) is 3.81. The number of para-hydroxylation sites is 1. The summed E-state index contributed by atoms with van der Waals surface area (Å²) in [5.41, 5.74) is 1.51. The Hall–Kier alpha value is -1.91. The average Bonchev–Trinajstić information content (AvgIpc) is 2.48. The summed E-state index contributed by atoms with van der Waals surface area (Å²) in [5, 5.41) is 14.7. The Labute approximate surface area is 74.4 Å². The van der Waals surface area contributed by atoms with E-state index in [-0.39, 0.29) is 5.90 Å². The molecule has 0 fully saturated rings. The van der Waals surface area contributed by atoms with Gasteiger partial charge in [0.25, 0.3) is 0 Å². The molecular weight excluding hydrogens is 168 g/mol. The molecule has 0 aliphatic rings. The molecule has 2 aromatic rings. The molecule has 13 heavy (non-hydrogen) atoms. The van der Waals surface area contributed by atoms with Crippen molar-refractivity contribution in [2.24, 2.45) is 0 Å². The van der Waals surface area contributed by atoms with Crippen molar-refractivity contribution in [2.75, 3.05) is 0 Å². The third-order valence-electron chi connectivity index (χ3n) is 1.54. The van der Waals surface area contributed by atoms with Crippen molar-refractivity contribution in [3.8, 4) is 0 Å². The van der Waals surface area contributed by atoms with Crippen molar-refractivity contribution < 1.29 is 4.84 Å². The van der Waals surface area contributed by atoms with Gasteiger partial charge >= 0.3 is 0 Å². The topological polar surface area (TPSA) is 63.8 Å². The lowest BCUT2D eigenvalue weighted by molar-refractivity contribution is 0.222. The van der Waals surface area contributed by atoms with Crippen LogP contribution in [0.2, 0.25) is 0 Å². The maximum absolute atomic E-state index is 7.13. The number of rotatable bonds is 1. The summed E-state index contributed by atoms with van der Waals surface area (Å²) in [7, 11) is 0. The maximum atomic E-state index is 7.13. The molecule has 2 rings (SSSR count). The minimum atomic E-state index is 0.0793. The number of nitrogens with one attached hydrogen (secondary N) is 1. The molecule has 66 valence electrons. The Morgan fingerprint density at radius 2 is 2.23 bits per heavy atom. The highest BCUT2D eigenvalue weighted by atomic mass is 16.7. The fourth-order valence-electron chi connectivity index (χ4n) is 1.04. The van der Waals surface area contributed by atoms with Crippen molar-refractivity contribution in [1.29, 1.82) is 5.41 Å². The molecule has 0 radical (unpaired) electrons. The summed E-state index contributed by atoms with van der Waals surface area (Å²) in [6.07, 6.45) is 0. The van der Waals surface area contributed by atoms with Gasteiger partial charge in [0.1, 0.15) is 11.0 Å². The Morgan fingerprint density at radius 1 is 1.46 bits per heavy atom. The van der Waals surface area contributed by atoms with E-state index in [0.717, 1.165) is 11.0 Å². The second-order valence-electron chi connectivity index (χ2n) is 2.60. The molecule has 0 aliphatic heterocycles. The van der Waals surface area contributed by atoms with Crippen LogP contribution in [0.25, 0.3) is 11.0 Å². The highest BCUT2D eigenvalue weighted by molar-refractivity contribution is 5.75. The summed E-state index contributed by atoms with van der Waals surface area (Å²) >= 11 is 0. The van der Waals surface area contributed by atoms with E-state index in [4.69, 9.17) is 10.2 Å². The lowest BCUT2D eigenvalue weighted by atomic mass is 10.3. The van der Waals surface area contributed by atoms with E-state index in [0.29, 0.717) is 0 Å². The van der Waals surface area contributed by atoms with Gasteiger partial charge < -0.3 is 4.84 Å². The van der Waals surface area contributed by atoms with Crippen molar-refractivity contribution >= 4 is 16.9 Å². The van der Waals surface area contributed by atoms with Crippen molar-refractivity contribution in [2.45, 2.75) is 6.92 Å². The van der Waals surface area contributed by atoms with Gasteiger partial charge in [0.15, 0.2) is 0 Å². The molecule has 0 amide bonds. The molecule has 0 saturated heterocycles. The molecular formula is C8H8N4O. The van der Waals surface area contributed by atoms with Crippen LogP contribution in [-0.2, 0) is 0 Å². The minimum Gasteiger partial charge on any atom is -0.341 e. The van der Waals surface area contributed by atoms with E-state index in [2.05, 4.69) is 10.3 Å². The molecule has 1 N–H and O–H groups in total. The number of fused-ring (bicyclic) bond motifs is 1. The largest absolute Gasteiger partial charge is 0.341 e. The number of benzene rings is 1. The SMILES string of the molecule is CC(=N)On1nnc2ccccc21. The average molecular weight is 176 g/mol. The van der Waals surface area contributed by atoms with Crippen LogP contribution in [0.3, 0.4) is 0 Å². The Bertz CT molecular complexity index is 448. The molecule has 5 nitrogen and oxygen atoms in total. The second-order valence-corrected chi connectivity index (χ2v) is 2.60. The summed E-state index contributed by atoms with van der Waals surface area (Å²) in [6.45, 7) is 1.54. The van der Waals surface area contributed by atoms with Crippen LogP contribution in [-0.4, -0.2) is 21.1 Å². The molecule has 0 unspecified atom stereocenters. The number of nitrogens with zero attached hydrogens (tertiary/aromatic N) is 3. The number of hydrogen-bond acceptors (Lipinski definition) is 4. The van der Waals surface area contributed by atoms with Gasteiger partial charge in [-0.15, -0.1) is 5.10 Å². The normalized spacial score (nSPS) is 10.2. The lowest BCUT2D eigenvalue weighted by Gasteiger charge is -2.00. The van der Waals surface area contributed by atoms with Crippen molar-refractivity contribution in [1.82, 2.24) is 15.2 Å². The van der Waals surface area contributed by atoms with E-state index in [1.54, 1.807) is 0 Å². The molecule has 0 aliphatic carbocycles. The van der Waals surface area contributed by atoms with Crippen LogP contribution in [0.4, 0.5) is 0 Å². The third kappa shape index (κ3) is 1.35. The smallest absolute Gasteiger partial charge is 0.214 e. The van der Waals surface area contributed by atoms with Gasteiger partial charge in [0.2, 0.25) is 5.90 Å². The Balaban J connectivity index is 2.51. The van der Waals surface area contributed by atoms with E-state index >= 15 is 0 Å². The predicted molar refractivity (Wildman–Crippen MR) is 47.5 cm³/mol. The Morgan fingerprint density at radius 3 is 3.00 bits per heavy atom. The quantitative estimate of drug-likeness (QED) is 0.517. The molecule has 0 saturated carbocycles. The van der Waals surface area contributed by atoms with Crippen LogP contribution >= 0.6 is 0 Å². The summed E-state index contributed by atoms with van der Waals surface area (Å²) < 4.78 is 0. The highest BCUT2D eigenvalue weighted by Gasteiger charge is 2.03. The molecule has 1 heterocycles. The van der Waals surface area contributed by atoms with Gasteiger partial charge in [-0.25, -0.2) is 0 Å². The highest BCUT2D eigenvalue weighted by Crippen LogP contribution is 2.07. The van der Waals surface area contributed by atoms with Crippen LogP contribution in [0.15, 0.2) is 24.3 Å². The van der Waals surface area contributed by atoms with E-state index < -0.39 is 0 Å². The molecule has 5 heteroatoms. The van der Waals surface area contributed by atoms with Gasteiger partial charge in [0, 0.05) is 6.92 Å². The molecule has 1 aromatic heterocycles. The maximum Gasteiger partial charge on any atom is 0.214 e. The van der Waals surface area contributed by atoms with Gasteiger partial charge in [-0.1, -0.05) is 17.0 Å². The van der Waals surface area contributed by atoms with Crippen LogP contribution in [0, 0.1) is 5.41 Å². The first kappa shape index (κ1) is 7.72. The van der Waals surface area contributed by atoms with Gasteiger partial charge in [-0.05, 0) is 17.3 Å².